The topological polar surface area (TPSA) is 65.4 Å². The highest BCUT2D eigenvalue weighted by Crippen LogP contribution is 2.08. The number of hydrogen-bond acceptors (Lipinski definition) is 4. The first-order valence-corrected chi connectivity index (χ1v) is 6.57. The zero-order chi connectivity index (χ0) is 13.5. The Hall–Kier alpha value is -1.12. The maximum Gasteiger partial charge on any atom is 0.237 e. The monoisotopic (exact) mass is 253 g/mol. The van der Waals surface area contributed by atoms with Crippen LogP contribution in [0.1, 0.15) is 27.2 Å². The van der Waals surface area contributed by atoms with Crippen molar-refractivity contribution in [2.75, 3.05) is 26.2 Å². The van der Waals surface area contributed by atoms with E-state index in [0.717, 1.165) is 6.42 Å². The maximum absolute atomic E-state index is 11.9. The van der Waals surface area contributed by atoms with Gasteiger partial charge in [-0.1, -0.05) is 13.8 Å². The lowest BCUT2D eigenvalue weighted by molar-refractivity contribution is -0.128. The van der Waals surface area contributed by atoms with Gasteiger partial charge in [-0.2, -0.15) is 5.26 Å². The largest absolute Gasteiger partial charge is 0.361 e. The van der Waals surface area contributed by atoms with Crippen LogP contribution in [0.4, 0.5) is 0 Å². The number of nitrogens with one attached hydrogen (secondary N) is 1. The number of carbonyl (C=O) groups is 1. The highest BCUT2D eigenvalue weighted by molar-refractivity contribution is 5.81. The molecular formula is C13H23N3O2. The van der Waals surface area contributed by atoms with Crippen LogP contribution in [-0.4, -0.2) is 49.2 Å². The van der Waals surface area contributed by atoms with E-state index >= 15 is 0 Å². The van der Waals surface area contributed by atoms with Crippen LogP contribution < -0.4 is 5.32 Å². The van der Waals surface area contributed by atoms with E-state index in [-0.39, 0.29) is 11.9 Å². The second-order valence-corrected chi connectivity index (χ2v) is 5.13. The van der Waals surface area contributed by atoms with Gasteiger partial charge in [-0.3, -0.25) is 9.69 Å². The van der Waals surface area contributed by atoms with Crippen LogP contribution in [-0.2, 0) is 9.53 Å². The summed E-state index contributed by atoms with van der Waals surface area (Å²) in [6.45, 7) is 8.59. The van der Waals surface area contributed by atoms with Crippen molar-refractivity contribution in [1.82, 2.24) is 10.2 Å². The average Bonchev–Trinajstić information content (AvgIpc) is 2.37. The van der Waals surface area contributed by atoms with Gasteiger partial charge < -0.3 is 10.1 Å². The molecule has 18 heavy (non-hydrogen) atoms. The molecule has 1 saturated heterocycles. The fourth-order valence-electron chi connectivity index (χ4n) is 1.90. The van der Waals surface area contributed by atoms with Crippen molar-refractivity contribution in [2.24, 2.45) is 5.92 Å². The van der Waals surface area contributed by atoms with Gasteiger partial charge in [0.2, 0.25) is 5.91 Å². The minimum atomic E-state index is -0.412. The third-order valence-electron chi connectivity index (χ3n) is 3.19. The van der Waals surface area contributed by atoms with Crippen molar-refractivity contribution in [3.8, 4) is 6.07 Å². The molecule has 0 aliphatic carbocycles. The highest BCUT2D eigenvalue weighted by atomic mass is 16.5. The van der Waals surface area contributed by atoms with Crippen molar-refractivity contribution in [3.05, 3.63) is 0 Å². The highest BCUT2D eigenvalue weighted by Gasteiger charge is 2.27. The molecule has 0 radical (unpaired) electrons. The lowest BCUT2D eigenvalue weighted by Gasteiger charge is -2.33. The van der Waals surface area contributed by atoms with Crippen LogP contribution in [0.2, 0.25) is 0 Å². The average molecular weight is 253 g/mol. The predicted octanol–water partition coefficient (Wildman–Crippen LogP) is 0.762. The summed E-state index contributed by atoms with van der Waals surface area (Å²) in [6.07, 6.45) is 0.576. The first kappa shape index (κ1) is 14.9. The Morgan fingerprint density at radius 1 is 1.56 bits per heavy atom. The van der Waals surface area contributed by atoms with Crippen molar-refractivity contribution in [1.29, 1.82) is 5.26 Å². The summed E-state index contributed by atoms with van der Waals surface area (Å²) in [5.74, 6) is 0.626. The second-order valence-electron chi connectivity index (χ2n) is 5.13. The predicted molar refractivity (Wildman–Crippen MR) is 68.9 cm³/mol. The van der Waals surface area contributed by atoms with E-state index in [1.807, 2.05) is 11.8 Å². The van der Waals surface area contributed by atoms with Gasteiger partial charge in [0.05, 0.1) is 18.7 Å². The molecule has 0 aromatic carbocycles. The summed E-state index contributed by atoms with van der Waals surface area (Å²) in [7, 11) is 0. The standard InChI is InChI=1S/C13H23N3O2/c1-10(2)4-5-15-13(17)11(3)16-6-7-18-12(8-14)9-16/h10-12H,4-7,9H2,1-3H3,(H,15,17). The lowest BCUT2D eigenvalue weighted by atomic mass is 10.1. The number of morpholine rings is 1. The summed E-state index contributed by atoms with van der Waals surface area (Å²) in [5, 5.41) is 11.8. The van der Waals surface area contributed by atoms with Gasteiger partial charge in [0.1, 0.15) is 0 Å². The Balaban J connectivity index is 2.36. The number of carbonyl (C=O) groups excluding carboxylic acids is 1. The summed E-state index contributed by atoms with van der Waals surface area (Å²) < 4.78 is 5.27. The molecule has 0 bridgehead atoms. The molecule has 0 saturated carbocycles. The Morgan fingerprint density at radius 2 is 2.28 bits per heavy atom. The van der Waals surface area contributed by atoms with E-state index in [4.69, 9.17) is 10.00 Å². The van der Waals surface area contributed by atoms with Gasteiger partial charge in [0.25, 0.3) is 0 Å². The molecule has 1 N–H and O–H groups in total. The van der Waals surface area contributed by atoms with E-state index < -0.39 is 6.10 Å². The molecule has 0 spiro atoms. The summed E-state index contributed by atoms with van der Waals surface area (Å²) in [4.78, 5) is 13.9. The number of ether oxygens (including phenoxy) is 1. The third-order valence-corrected chi connectivity index (χ3v) is 3.19. The summed E-state index contributed by atoms with van der Waals surface area (Å²) >= 11 is 0. The molecule has 1 aliphatic heterocycles. The molecule has 5 nitrogen and oxygen atoms in total. The van der Waals surface area contributed by atoms with E-state index in [1.165, 1.54) is 0 Å². The van der Waals surface area contributed by atoms with Crippen LogP contribution in [0.5, 0.6) is 0 Å². The minimum absolute atomic E-state index is 0.0363. The second kappa shape index (κ2) is 7.34. The van der Waals surface area contributed by atoms with Gasteiger partial charge in [-0.05, 0) is 19.3 Å². The van der Waals surface area contributed by atoms with Crippen LogP contribution in [0.25, 0.3) is 0 Å². The van der Waals surface area contributed by atoms with Crippen molar-refractivity contribution >= 4 is 5.91 Å². The molecular weight excluding hydrogens is 230 g/mol. The molecule has 0 aromatic rings. The lowest BCUT2D eigenvalue weighted by Crippen LogP contribution is -2.52. The fraction of sp³-hybridized carbons (Fsp3) is 0.846. The number of nitrogens with zero attached hydrogens (tertiary/aromatic N) is 2. The van der Waals surface area contributed by atoms with Crippen molar-refractivity contribution in [2.45, 2.75) is 39.3 Å². The number of nitriles is 1. The van der Waals surface area contributed by atoms with Gasteiger partial charge in [-0.15, -0.1) is 0 Å². The van der Waals surface area contributed by atoms with Gasteiger partial charge in [0, 0.05) is 19.6 Å². The quantitative estimate of drug-likeness (QED) is 0.785. The molecule has 0 aromatic heterocycles. The van der Waals surface area contributed by atoms with E-state index in [2.05, 4.69) is 25.2 Å². The minimum Gasteiger partial charge on any atom is -0.361 e. The normalized spacial score (nSPS) is 22.5. The van der Waals surface area contributed by atoms with Gasteiger partial charge in [-0.25, -0.2) is 0 Å². The zero-order valence-electron chi connectivity index (χ0n) is 11.5. The smallest absolute Gasteiger partial charge is 0.237 e. The third kappa shape index (κ3) is 4.63. The summed E-state index contributed by atoms with van der Waals surface area (Å²) in [5.41, 5.74) is 0. The molecule has 1 fully saturated rings. The Kier molecular flexibility index (Phi) is 6.10. The fourth-order valence-corrected chi connectivity index (χ4v) is 1.90. The molecule has 1 aliphatic rings. The molecule has 1 rings (SSSR count). The Morgan fingerprint density at radius 3 is 2.89 bits per heavy atom. The van der Waals surface area contributed by atoms with Crippen LogP contribution in [0.15, 0.2) is 0 Å². The van der Waals surface area contributed by atoms with Crippen molar-refractivity contribution < 1.29 is 9.53 Å². The number of hydrogen-bond donors (Lipinski definition) is 1. The molecule has 1 amide bonds. The van der Waals surface area contributed by atoms with Crippen LogP contribution in [0.3, 0.4) is 0 Å². The van der Waals surface area contributed by atoms with Crippen LogP contribution in [0, 0.1) is 17.2 Å². The molecule has 2 atom stereocenters. The van der Waals surface area contributed by atoms with Crippen LogP contribution >= 0.6 is 0 Å². The number of amides is 1. The van der Waals surface area contributed by atoms with E-state index in [0.29, 0.717) is 32.2 Å². The SMILES string of the molecule is CC(C)CCNC(=O)C(C)N1CCOC(C#N)C1. The van der Waals surface area contributed by atoms with E-state index in [9.17, 15) is 4.79 Å². The zero-order valence-corrected chi connectivity index (χ0v) is 11.5. The molecule has 5 heteroatoms. The Labute approximate surface area is 109 Å². The molecule has 1 heterocycles. The van der Waals surface area contributed by atoms with Crippen molar-refractivity contribution in [3.63, 3.8) is 0 Å². The Bertz CT molecular complexity index is 312. The number of rotatable bonds is 5. The first-order chi connectivity index (χ1) is 8.54. The molecule has 2 unspecified atom stereocenters. The summed E-state index contributed by atoms with van der Waals surface area (Å²) in [6, 6.07) is 1.89. The van der Waals surface area contributed by atoms with Gasteiger partial charge in [0.15, 0.2) is 6.10 Å². The maximum atomic E-state index is 11.9. The molecule has 102 valence electrons. The van der Waals surface area contributed by atoms with Gasteiger partial charge >= 0.3 is 0 Å². The van der Waals surface area contributed by atoms with E-state index in [1.54, 1.807) is 0 Å². The first-order valence-electron chi connectivity index (χ1n) is 6.57.